The molecule has 0 bridgehead atoms. The van der Waals surface area contributed by atoms with Crippen LogP contribution >= 0.6 is 0 Å². The molecule has 0 radical (unpaired) electrons. The van der Waals surface area contributed by atoms with Crippen molar-refractivity contribution in [1.29, 1.82) is 5.41 Å². The predicted molar refractivity (Wildman–Crippen MR) is 127 cm³/mol. The van der Waals surface area contributed by atoms with Crippen LogP contribution in [0, 0.1) is 5.41 Å². The molecule has 0 atom stereocenters. The van der Waals surface area contributed by atoms with Crippen LogP contribution in [0.2, 0.25) is 0 Å². The Kier molecular flexibility index (Phi) is 8.34. The number of carbonyl (C=O) groups excluding carboxylic acids is 1. The monoisotopic (exact) mass is 439 g/mol. The summed E-state index contributed by atoms with van der Waals surface area (Å²) in [6.45, 7) is 14.7. The summed E-state index contributed by atoms with van der Waals surface area (Å²) in [5, 5.41) is 13.9. The fourth-order valence-corrected chi connectivity index (χ4v) is 2.39. The molecular weight excluding hydrogens is 406 g/mol. The van der Waals surface area contributed by atoms with Crippen molar-refractivity contribution in [3.8, 4) is 5.88 Å². The molecule has 1 fully saturated rings. The van der Waals surface area contributed by atoms with Gasteiger partial charge in [-0.3, -0.25) is 10.3 Å². The van der Waals surface area contributed by atoms with Gasteiger partial charge in [-0.1, -0.05) is 12.7 Å². The van der Waals surface area contributed by atoms with Crippen LogP contribution in [0.15, 0.2) is 59.7 Å². The summed E-state index contributed by atoms with van der Waals surface area (Å²) < 4.78 is 11.0. The molecule has 8 heteroatoms. The Labute approximate surface area is 190 Å². The van der Waals surface area contributed by atoms with Gasteiger partial charge in [0.05, 0.1) is 23.8 Å². The lowest BCUT2D eigenvalue weighted by Gasteiger charge is -2.20. The van der Waals surface area contributed by atoms with Gasteiger partial charge in [0.2, 0.25) is 5.88 Å². The van der Waals surface area contributed by atoms with Crippen molar-refractivity contribution in [2.45, 2.75) is 66.1 Å². The summed E-state index contributed by atoms with van der Waals surface area (Å²) in [4.78, 5) is 20.6. The lowest BCUT2D eigenvalue weighted by atomic mass is 10.1. The van der Waals surface area contributed by atoms with E-state index in [0.717, 1.165) is 18.4 Å². The lowest BCUT2D eigenvalue weighted by molar-refractivity contribution is 0.0547. The van der Waals surface area contributed by atoms with Crippen LogP contribution in [-0.4, -0.2) is 33.5 Å². The zero-order chi connectivity index (χ0) is 23.9. The first kappa shape index (κ1) is 24.8. The highest BCUT2D eigenvalue weighted by molar-refractivity contribution is 5.98. The van der Waals surface area contributed by atoms with Crippen molar-refractivity contribution in [3.05, 3.63) is 59.7 Å². The van der Waals surface area contributed by atoms with E-state index in [1.54, 1.807) is 53.1 Å². The third-order valence-electron chi connectivity index (χ3n) is 4.07. The SMILES string of the molecule is C=C(C)\C(=C/C=C(C)/C=C(\Nc1cncc(OC2CC2)n1)C(C)=N)NC(=O)OC(C)(C)C. The minimum atomic E-state index is -0.593. The van der Waals surface area contributed by atoms with E-state index in [0.29, 0.717) is 34.4 Å². The van der Waals surface area contributed by atoms with Gasteiger partial charge in [-0.25, -0.2) is 4.79 Å². The predicted octanol–water partition coefficient (Wildman–Crippen LogP) is 5.28. The maximum atomic E-state index is 12.1. The molecule has 32 heavy (non-hydrogen) atoms. The minimum absolute atomic E-state index is 0.229. The highest BCUT2D eigenvalue weighted by Gasteiger charge is 2.24. The number of hydrogen-bond donors (Lipinski definition) is 3. The largest absolute Gasteiger partial charge is 0.473 e. The fraction of sp³-hybridized carbons (Fsp3) is 0.417. The maximum Gasteiger partial charge on any atom is 0.412 e. The maximum absolute atomic E-state index is 12.1. The molecule has 0 unspecified atom stereocenters. The van der Waals surface area contributed by atoms with Crippen molar-refractivity contribution in [1.82, 2.24) is 15.3 Å². The average molecular weight is 440 g/mol. The number of nitrogens with zero attached hydrogens (tertiary/aromatic N) is 2. The van der Waals surface area contributed by atoms with E-state index in [1.807, 2.05) is 19.1 Å². The number of carbonyl (C=O) groups is 1. The van der Waals surface area contributed by atoms with Gasteiger partial charge in [-0.05, 0) is 77.7 Å². The average Bonchev–Trinajstić information content (AvgIpc) is 3.47. The lowest BCUT2D eigenvalue weighted by Crippen LogP contribution is -2.32. The summed E-state index contributed by atoms with van der Waals surface area (Å²) in [6, 6.07) is 0. The zero-order valence-electron chi connectivity index (χ0n) is 19.7. The Morgan fingerprint density at radius 1 is 1.19 bits per heavy atom. The third kappa shape index (κ3) is 9.16. The molecule has 1 aromatic heterocycles. The van der Waals surface area contributed by atoms with E-state index in [-0.39, 0.29) is 6.10 Å². The fourth-order valence-electron chi connectivity index (χ4n) is 2.39. The molecule has 8 nitrogen and oxygen atoms in total. The number of alkyl carbamates (subject to hydrolysis) is 1. The number of allylic oxidation sites excluding steroid dienone is 6. The summed E-state index contributed by atoms with van der Waals surface area (Å²) in [7, 11) is 0. The molecule has 3 N–H and O–H groups in total. The van der Waals surface area contributed by atoms with E-state index >= 15 is 0 Å². The first-order chi connectivity index (χ1) is 14.9. The van der Waals surface area contributed by atoms with E-state index in [1.165, 1.54) is 0 Å². The van der Waals surface area contributed by atoms with Gasteiger partial charge in [0, 0.05) is 5.70 Å². The Morgan fingerprint density at radius 2 is 1.88 bits per heavy atom. The van der Waals surface area contributed by atoms with Crippen LogP contribution < -0.4 is 15.4 Å². The first-order valence-corrected chi connectivity index (χ1v) is 10.5. The van der Waals surface area contributed by atoms with Crippen LogP contribution in [0.1, 0.15) is 54.4 Å². The van der Waals surface area contributed by atoms with Gasteiger partial charge in [0.25, 0.3) is 0 Å². The molecule has 2 rings (SSSR count). The Hall–Kier alpha value is -3.42. The van der Waals surface area contributed by atoms with Crippen LogP contribution in [0.4, 0.5) is 10.6 Å². The van der Waals surface area contributed by atoms with Gasteiger partial charge in [-0.2, -0.15) is 4.98 Å². The molecule has 0 aromatic carbocycles. The molecule has 0 spiro atoms. The normalized spacial score (nSPS) is 15.1. The third-order valence-corrected chi connectivity index (χ3v) is 4.07. The van der Waals surface area contributed by atoms with Gasteiger partial charge in [0.1, 0.15) is 11.7 Å². The molecule has 1 aliphatic carbocycles. The molecule has 1 amide bonds. The number of aromatic nitrogens is 2. The van der Waals surface area contributed by atoms with Gasteiger partial charge >= 0.3 is 6.09 Å². The molecular formula is C24H33N5O3. The molecule has 1 heterocycles. The van der Waals surface area contributed by atoms with Crippen molar-refractivity contribution in [2.24, 2.45) is 0 Å². The second-order valence-corrected chi connectivity index (χ2v) is 8.77. The van der Waals surface area contributed by atoms with Gasteiger partial charge in [-0.15, -0.1) is 0 Å². The van der Waals surface area contributed by atoms with Crippen molar-refractivity contribution in [2.75, 3.05) is 5.32 Å². The number of nitrogens with one attached hydrogen (secondary N) is 3. The van der Waals surface area contributed by atoms with Crippen molar-refractivity contribution >= 4 is 17.6 Å². The molecule has 172 valence electrons. The molecule has 0 saturated heterocycles. The quantitative estimate of drug-likeness (QED) is 0.356. The van der Waals surface area contributed by atoms with Crippen LogP contribution in [0.3, 0.4) is 0 Å². The van der Waals surface area contributed by atoms with Gasteiger partial charge in [0.15, 0.2) is 5.82 Å². The summed E-state index contributed by atoms with van der Waals surface area (Å²) in [5.41, 5.74) is 2.40. The number of amides is 1. The highest BCUT2D eigenvalue weighted by Crippen LogP contribution is 2.25. The molecule has 1 aliphatic rings. The standard InChI is InChI=1S/C24H33N5O3/c1-15(2)19(28-23(30)32-24(5,6)7)11-8-16(3)12-20(17(4)25)27-21-13-26-14-22(29-21)31-18-9-10-18/h8,11-14,18,25H,1,9-10H2,2-7H3,(H,27,29)(H,28,30)/b16-8+,19-11+,20-12-,25-17?. The molecule has 1 saturated carbocycles. The highest BCUT2D eigenvalue weighted by atomic mass is 16.6. The van der Waals surface area contributed by atoms with E-state index < -0.39 is 11.7 Å². The van der Waals surface area contributed by atoms with E-state index in [9.17, 15) is 4.79 Å². The van der Waals surface area contributed by atoms with E-state index in [4.69, 9.17) is 14.9 Å². The number of ether oxygens (including phenoxy) is 2. The van der Waals surface area contributed by atoms with Crippen molar-refractivity contribution < 1.29 is 14.3 Å². The van der Waals surface area contributed by atoms with Crippen LogP contribution in [-0.2, 0) is 4.74 Å². The Balaban J connectivity index is 2.15. The second-order valence-electron chi connectivity index (χ2n) is 8.77. The summed E-state index contributed by atoms with van der Waals surface area (Å²) in [5.74, 6) is 0.965. The molecule has 1 aromatic rings. The van der Waals surface area contributed by atoms with E-state index in [2.05, 4.69) is 27.2 Å². The summed E-state index contributed by atoms with van der Waals surface area (Å²) >= 11 is 0. The topological polar surface area (TPSA) is 109 Å². The first-order valence-electron chi connectivity index (χ1n) is 10.5. The smallest absolute Gasteiger partial charge is 0.412 e. The number of anilines is 1. The minimum Gasteiger partial charge on any atom is -0.473 e. The van der Waals surface area contributed by atoms with Crippen LogP contribution in [0.25, 0.3) is 0 Å². The summed E-state index contributed by atoms with van der Waals surface area (Å²) in [6.07, 6.45) is 10.3. The van der Waals surface area contributed by atoms with Gasteiger partial charge < -0.3 is 20.2 Å². The number of hydrogen-bond acceptors (Lipinski definition) is 7. The van der Waals surface area contributed by atoms with Crippen LogP contribution in [0.5, 0.6) is 5.88 Å². The Bertz CT molecular complexity index is 966. The van der Waals surface area contributed by atoms with Crippen molar-refractivity contribution in [3.63, 3.8) is 0 Å². The number of rotatable bonds is 9. The Morgan fingerprint density at radius 3 is 2.44 bits per heavy atom. The second kappa shape index (κ2) is 10.7. The molecule has 0 aliphatic heterocycles. The zero-order valence-corrected chi connectivity index (χ0v) is 19.7.